The van der Waals surface area contributed by atoms with Gasteiger partial charge in [-0.3, -0.25) is 4.99 Å². The second kappa shape index (κ2) is 9.40. The third-order valence-electron chi connectivity index (χ3n) is 4.68. The largest absolute Gasteiger partial charge is 0.490 e. The molecule has 2 rings (SSSR count). The van der Waals surface area contributed by atoms with Crippen molar-refractivity contribution < 1.29 is 9.13 Å². The van der Waals surface area contributed by atoms with Gasteiger partial charge in [0.25, 0.3) is 0 Å². The molecule has 1 saturated carbocycles. The highest BCUT2D eigenvalue weighted by Crippen LogP contribution is 2.30. The second-order valence-electron chi connectivity index (χ2n) is 8.64. The highest BCUT2D eigenvalue weighted by molar-refractivity contribution is 5.80. The van der Waals surface area contributed by atoms with Crippen LogP contribution in [0.1, 0.15) is 45.2 Å². The molecule has 0 amide bonds. The number of nitrogens with one attached hydrogen (secondary N) is 2. The van der Waals surface area contributed by atoms with Crippen LogP contribution < -0.4 is 15.4 Å². The van der Waals surface area contributed by atoms with Crippen molar-refractivity contribution >= 4 is 5.96 Å². The molecule has 27 heavy (non-hydrogen) atoms. The van der Waals surface area contributed by atoms with Crippen molar-refractivity contribution in [2.24, 2.45) is 16.3 Å². The molecule has 1 atom stereocenters. The number of ether oxygens (including phenoxy) is 1. The van der Waals surface area contributed by atoms with Crippen LogP contribution in [-0.2, 0) is 0 Å². The summed E-state index contributed by atoms with van der Waals surface area (Å²) in [4.78, 5) is 6.47. The Bertz CT molecular complexity index is 641. The smallest absolute Gasteiger partial charge is 0.191 e. The van der Waals surface area contributed by atoms with Crippen LogP contribution in [0.15, 0.2) is 23.2 Å². The molecule has 0 aliphatic heterocycles. The van der Waals surface area contributed by atoms with Crippen molar-refractivity contribution in [1.82, 2.24) is 15.5 Å². The molecule has 1 unspecified atom stereocenters. The zero-order chi connectivity index (χ0) is 20.0. The number of halogens is 1. The van der Waals surface area contributed by atoms with Crippen molar-refractivity contribution in [1.29, 1.82) is 0 Å². The van der Waals surface area contributed by atoms with Gasteiger partial charge in [0.05, 0.1) is 12.6 Å². The van der Waals surface area contributed by atoms with Crippen LogP contribution in [0.3, 0.4) is 0 Å². The van der Waals surface area contributed by atoms with Crippen LogP contribution in [0.25, 0.3) is 0 Å². The van der Waals surface area contributed by atoms with Crippen LogP contribution in [-0.4, -0.2) is 51.7 Å². The predicted molar refractivity (Wildman–Crippen MR) is 110 cm³/mol. The summed E-state index contributed by atoms with van der Waals surface area (Å²) in [6, 6.07) is 5.11. The summed E-state index contributed by atoms with van der Waals surface area (Å²) in [5.41, 5.74) is 0.971. The lowest BCUT2D eigenvalue weighted by Crippen LogP contribution is -2.45. The number of benzene rings is 1. The number of hydrogen-bond donors (Lipinski definition) is 2. The molecule has 1 aromatic rings. The summed E-state index contributed by atoms with van der Waals surface area (Å²) < 4.78 is 19.9. The Morgan fingerprint density at radius 1 is 1.37 bits per heavy atom. The van der Waals surface area contributed by atoms with Gasteiger partial charge in [-0.25, -0.2) is 4.39 Å². The maximum absolute atomic E-state index is 14.3. The number of aliphatic imine (C=N–C) groups is 1. The molecule has 1 aromatic carbocycles. The first-order valence-corrected chi connectivity index (χ1v) is 9.74. The highest BCUT2D eigenvalue weighted by Gasteiger charge is 2.23. The maximum Gasteiger partial charge on any atom is 0.191 e. The van der Waals surface area contributed by atoms with Gasteiger partial charge >= 0.3 is 0 Å². The van der Waals surface area contributed by atoms with Gasteiger partial charge in [-0.15, -0.1) is 0 Å². The molecule has 1 fully saturated rings. The fourth-order valence-corrected chi connectivity index (χ4v) is 3.11. The minimum Gasteiger partial charge on any atom is -0.490 e. The third kappa shape index (κ3) is 7.37. The minimum absolute atomic E-state index is 0.0693. The van der Waals surface area contributed by atoms with E-state index in [0.717, 1.165) is 18.7 Å². The number of rotatable bonds is 9. The quantitative estimate of drug-likeness (QED) is 0.511. The van der Waals surface area contributed by atoms with Gasteiger partial charge in [0.2, 0.25) is 0 Å². The fraction of sp³-hybridized carbons (Fsp3) is 0.667. The molecule has 0 bridgehead atoms. The zero-order valence-electron chi connectivity index (χ0n) is 17.6. The molecule has 0 aromatic heterocycles. The maximum atomic E-state index is 14.3. The van der Waals surface area contributed by atoms with Crippen molar-refractivity contribution in [2.75, 3.05) is 40.8 Å². The molecule has 1 aliphatic carbocycles. The van der Waals surface area contributed by atoms with Crippen molar-refractivity contribution in [2.45, 2.75) is 39.7 Å². The van der Waals surface area contributed by atoms with Crippen LogP contribution in [0.5, 0.6) is 5.75 Å². The molecule has 5 nitrogen and oxygen atoms in total. The molecule has 0 spiro atoms. The van der Waals surface area contributed by atoms with Crippen LogP contribution in [0.4, 0.5) is 4.39 Å². The monoisotopic (exact) mass is 378 g/mol. The molecule has 152 valence electrons. The molecule has 0 heterocycles. The molecule has 2 N–H and O–H groups in total. The Kier molecular flexibility index (Phi) is 7.48. The van der Waals surface area contributed by atoms with E-state index in [1.165, 1.54) is 12.8 Å². The number of guanidine groups is 1. The number of hydrogen-bond acceptors (Lipinski definition) is 3. The molecular formula is C21H35FN4O. The molecule has 0 radical (unpaired) electrons. The molecule has 1 aliphatic rings. The SMILES string of the molecule is CN=C(NCC(C)(C)CN(C)C)NC(C)c1ccc(OCC2CC2)c(F)c1. The lowest BCUT2D eigenvalue weighted by molar-refractivity contribution is 0.241. The lowest BCUT2D eigenvalue weighted by atomic mass is 9.93. The van der Waals surface area contributed by atoms with E-state index in [1.54, 1.807) is 19.2 Å². The van der Waals surface area contributed by atoms with E-state index in [1.807, 2.05) is 13.0 Å². The Hall–Kier alpha value is -1.82. The van der Waals surface area contributed by atoms with Gasteiger partial charge in [-0.05, 0) is 62.9 Å². The second-order valence-corrected chi connectivity index (χ2v) is 8.64. The molecule has 6 heteroatoms. The van der Waals surface area contributed by atoms with Crippen molar-refractivity contribution in [3.8, 4) is 5.75 Å². The Morgan fingerprint density at radius 2 is 2.07 bits per heavy atom. The van der Waals surface area contributed by atoms with Gasteiger partial charge in [0.15, 0.2) is 17.5 Å². The first kappa shape index (κ1) is 21.5. The first-order valence-electron chi connectivity index (χ1n) is 9.74. The van der Waals surface area contributed by atoms with E-state index in [-0.39, 0.29) is 17.3 Å². The van der Waals surface area contributed by atoms with E-state index in [0.29, 0.717) is 24.2 Å². The summed E-state index contributed by atoms with van der Waals surface area (Å²) in [5.74, 6) is 1.35. The minimum atomic E-state index is -0.308. The lowest BCUT2D eigenvalue weighted by Gasteiger charge is -2.29. The van der Waals surface area contributed by atoms with E-state index in [2.05, 4.69) is 48.5 Å². The standard InChI is InChI=1S/C21H35FN4O/c1-15(25-20(23-4)24-13-21(2,3)14-26(5)6)17-9-10-19(18(22)11-17)27-12-16-7-8-16/h9-11,15-16H,7-8,12-14H2,1-6H3,(H2,23,24,25). The first-order chi connectivity index (χ1) is 12.7. The average molecular weight is 379 g/mol. The highest BCUT2D eigenvalue weighted by atomic mass is 19.1. The average Bonchev–Trinajstić information content (AvgIpc) is 3.40. The van der Waals surface area contributed by atoms with Crippen LogP contribution in [0, 0.1) is 17.2 Å². The van der Waals surface area contributed by atoms with Gasteiger partial charge in [0, 0.05) is 20.1 Å². The van der Waals surface area contributed by atoms with E-state index in [4.69, 9.17) is 4.74 Å². The van der Waals surface area contributed by atoms with E-state index >= 15 is 0 Å². The summed E-state index contributed by atoms with van der Waals surface area (Å²) in [5, 5.41) is 6.71. The van der Waals surface area contributed by atoms with Crippen molar-refractivity contribution in [3.05, 3.63) is 29.6 Å². The summed E-state index contributed by atoms with van der Waals surface area (Å²) >= 11 is 0. The molecular weight excluding hydrogens is 343 g/mol. The van der Waals surface area contributed by atoms with Gasteiger partial charge in [-0.2, -0.15) is 0 Å². The van der Waals surface area contributed by atoms with Gasteiger partial charge in [0.1, 0.15) is 0 Å². The Balaban J connectivity index is 1.89. The number of nitrogens with zero attached hydrogens (tertiary/aromatic N) is 2. The normalized spacial score (nSPS) is 16.4. The predicted octanol–water partition coefficient (Wildman–Crippen LogP) is 3.43. The summed E-state index contributed by atoms with van der Waals surface area (Å²) in [7, 11) is 5.89. The van der Waals surface area contributed by atoms with Gasteiger partial charge in [-0.1, -0.05) is 19.9 Å². The topological polar surface area (TPSA) is 48.9 Å². The fourth-order valence-electron chi connectivity index (χ4n) is 3.11. The third-order valence-corrected chi connectivity index (χ3v) is 4.68. The Morgan fingerprint density at radius 3 is 2.63 bits per heavy atom. The molecule has 0 saturated heterocycles. The van der Waals surface area contributed by atoms with E-state index < -0.39 is 0 Å². The van der Waals surface area contributed by atoms with Crippen molar-refractivity contribution in [3.63, 3.8) is 0 Å². The van der Waals surface area contributed by atoms with Gasteiger partial charge < -0.3 is 20.3 Å². The van der Waals surface area contributed by atoms with E-state index in [9.17, 15) is 4.39 Å². The van der Waals surface area contributed by atoms with Crippen LogP contribution in [0.2, 0.25) is 0 Å². The Labute approximate surface area is 163 Å². The zero-order valence-corrected chi connectivity index (χ0v) is 17.6. The summed E-state index contributed by atoms with van der Waals surface area (Å²) in [6.07, 6.45) is 2.39. The summed E-state index contributed by atoms with van der Waals surface area (Å²) in [6.45, 7) is 8.81. The van der Waals surface area contributed by atoms with Crippen LogP contribution >= 0.6 is 0 Å².